The molecule has 1 heterocycles. The van der Waals surface area contributed by atoms with Gasteiger partial charge in [-0.25, -0.2) is 0 Å². The number of para-hydroxylation sites is 1. The summed E-state index contributed by atoms with van der Waals surface area (Å²) < 4.78 is 0. The minimum Gasteiger partial charge on any atom is -0.373 e. The van der Waals surface area contributed by atoms with Crippen LogP contribution in [-0.2, 0) is 16.0 Å². The van der Waals surface area contributed by atoms with Crippen molar-refractivity contribution >= 4 is 17.5 Å². The molecule has 0 radical (unpaired) electrons. The van der Waals surface area contributed by atoms with E-state index in [-0.39, 0.29) is 23.8 Å². The lowest BCUT2D eigenvalue weighted by molar-refractivity contribution is -0.124. The van der Waals surface area contributed by atoms with E-state index in [1.807, 2.05) is 38.1 Å². The lowest BCUT2D eigenvalue weighted by Crippen LogP contribution is -2.42. The van der Waals surface area contributed by atoms with Gasteiger partial charge < -0.3 is 16.0 Å². The van der Waals surface area contributed by atoms with Crippen molar-refractivity contribution in [1.82, 2.24) is 10.6 Å². The van der Waals surface area contributed by atoms with Crippen LogP contribution in [0.25, 0.3) is 0 Å². The van der Waals surface area contributed by atoms with Gasteiger partial charge in [0.2, 0.25) is 11.8 Å². The molecule has 0 fully saturated rings. The maximum Gasteiger partial charge on any atom is 0.242 e. The normalized spacial score (nSPS) is 16.4. The molecule has 0 aromatic heterocycles. The van der Waals surface area contributed by atoms with Crippen LogP contribution in [-0.4, -0.2) is 30.9 Å². The Hall–Kier alpha value is -2.04. The highest BCUT2D eigenvalue weighted by atomic mass is 16.2. The first-order chi connectivity index (χ1) is 9.58. The standard InChI is InChI=1S/C15H21N3O2/c1-10(2)14(19)16-7-8-17-15(20)13-9-11-5-3-4-6-12(11)18-13/h3-6,10,13,18H,7-9H2,1-2H3,(H,16,19)(H,17,20)/t13-/m0/s1. The summed E-state index contributed by atoms with van der Waals surface area (Å²) in [4.78, 5) is 23.4. The molecule has 2 rings (SSSR count). The summed E-state index contributed by atoms with van der Waals surface area (Å²) in [6.07, 6.45) is 0.709. The highest BCUT2D eigenvalue weighted by Gasteiger charge is 2.25. The Bertz CT molecular complexity index is 475. The predicted octanol–water partition coefficient (Wildman–Crippen LogP) is 0.912. The number of hydrogen-bond donors (Lipinski definition) is 3. The van der Waals surface area contributed by atoms with Crippen LogP contribution in [0.3, 0.4) is 0 Å². The number of fused-ring (bicyclic) bond motifs is 1. The van der Waals surface area contributed by atoms with Crippen LogP contribution in [0.1, 0.15) is 19.4 Å². The van der Waals surface area contributed by atoms with Crippen molar-refractivity contribution in [3.8, 4) is 0 Å². The van der Waals surface area contributed by atoms with Crippen LogP contribution in [0.5, 0.6) is 0 Å². The van der Waals surface area contributed by atoms with Crippen LogP contribution < -0.4 is 16.0 Å². The fraction of sp³-hybridized carbons (Fsp3) is 0.467. The van der Waals surface area contributed by atoms with Crippen molar-refractivity contribution in [3.05, 3.63) is 29.8 Å². The predicted molar refractivity (Wildman–Crippen MR) is 78.4 cm³/mol. The molecular weight excluding hydrogens is 254 g/mol. The summed E-state index contributed by atoms with van der Waals surface area (Å²) in [6, 6.07) is 7.72. The fourth-order valence-electron chi connectivity index (χ4n) is 2.15. The van der Waals surface area contributed by atoms with Crippen LogP contribution in [0.2, 0.25) is 0 Å². The monoisotopic (exact) mass is 275 g/mol. The quantitative estimate of drug-likeness (QED) is 0.700. The van der Waals surface area contributed by atoms with Gasteiger partial charge >= 0.3 is 0 Å². The molecule has 1 aliphatic rings. The summed E-state index contributed by atoms with van der Waals surface area (Å²) >= 11 is 0. The number of rotatable bonds is 5. The molecule has 1 aromatic rings. The number of hydrogen-bond acceptors (Lipinski definition) is 3. The van der Waals surface area contributed by atoms with Gasteiger partial charge in [0, 0.05) is 31.1 Å². The second-order valence-electron chi connectivity index (χ2n) is 5.29. The van der Waals surface area contributed by atoms with E-state index in [2.05, 4.69) is 16.0 Å². The van der Waals surface area contributed by atoms with Crippen molar-refractivity contribution in [1.29, 1.82) is 0 Å². The van der Waals surface area contributed by atoms with Gasteiger partial charge in [0.05, 0.1) is 0 Å². The highest BCUT2D eigenvalue weighted by Crippen LogP contribution is 2.24. The van der Waals surface area contributed by atoms with Gasteiger partial charge in [-0.1, -0.05) is 32.0 Å². The zero-order valence-electron chi connectivity index (χ0n) is 11.9. The smallest absolute Gasteiger partial charge is 0.242 e. The minimum absolute atomic E-state index is 0.00523. The zero-order chi connectivity index (χ0) is 14.5. The van der Waals surface area contributed by atoms with E-state index in [9.17, 15) is 9.59 Å². The van der Waals surface area contributed by atoms with Crippen molar-refractivity contribution < 1.29 is 9.59 Å². The van der Waals surface area contributed by atoms with E-state index in [0.29, 0.717) is 19.5 Å². The Morgan fingerprint density at radius 3 is 2.65 bits per heavy atom. The molecule has 1 aromatic carbocycles. The first kappa shape index (κ1) is 14.4. The Labute approximate surface area is 119 Å². The first-order valence-corrected chi connectivity index (χ1v) is 6.98. The van der Waals surface area contributed by atoms with E-state index in [1.54, 1.807) is 0 Å². The molecule has 0 unspecified atom stereocenters. The second-order valence-corrected chi connectivity index (χ2v) is 5.29. The molecule has 0 aliphatic carbocycles. The average molecular weight is 275 g/mol. The third kappa shape index (κ3) is 3.50. The average Bonchev–Trinajstić information content (AvgIpc) is 2.86. The van der Waals surface area contributed by atoms with Crippen LogP contribution >= 0.6 is 0 Å². The van der Waals surface area contributed by atoms with Gasteiger partial charge in [-0.3, -0.25) is 9.59 Å². The number of nitrogens with one attached hydrogen (secondary N) is 3. The van der Waals surface area contributed by atoms with E-state index < -0.39 is 0 Å². The molecule has 5 nitrogen and oxygen atoms in total. The second kappa shape index (κ2) is 6.41. The molecule has 1 atom stereocenters. The Kier molecular flexibility index (Phi) is 4.61. The molecule has 0 saturated heterocycles. The van der Waals surface area contributed by atoms with Crippen molar-refractivity contribution in [2.45, 2.75) is 26.3 Å². The number of carbonyl (C=O) groups is 2. The van der Waals surface area contributed by atoms with Crippen LogP contribution in [0, 0.1) is 5.92 Å². The molecule has 0 spiro atoms. The Morgan fingerprint density at radius 2 is 1.95 bits per heavy atom. The van der Waals surface area contributed by atoms with E-state index in [4.69, 9.17) is 0 Å². The lowest BCUT2D eigenvalue weighted by Gasteiger charge is -2.13. The summed E-state index contributed by atoms with van der Waals surface area (Å²) in [6.45, 7) is 4.59. The van der Waals surface area contributed by atoms with E-state index in [0.717, 1.165) is 5.69 Å². The largest absolute Gasteiger partial charge is 0.373 e. The summed E-state index contributed by atoms with van der Waals surface area (Å²) in [5.41, 5.74) is 2.20. The zero-order valence-corrected chi connectivity index (χ0v) is 11.9. The van der Waals surface area contributed by atoms with Crippen molar-refractivity contribution in [2.24, 2.45) is 5.92 Å². The van der Waals surface area contributed by atoms with Crippen molar-refractivity contribution in [3.63, 3.8) is 0 Å². The summed E-state index contributed by atoms with van der Waals surface area (Å²) in [5, 5.41) is 8.81. The molecule has 2 amide bonds. The number of amides is 2. The fourth-order valence-corrected chi connectivity index (χ4v) is 2.15. The highest BCUT2D eigenvalue weighted by molar-refractivity contribution is 5.87. The van der Waals surface area contributed by atoms with E-state index >= 15 is 0 Å². The van der Waals surface area contributed by atoms with Gasteiger partial charge in [0.1, 0.15) is 6.04 Å². The van der Waals surface area contributed by atoms with Gasteiger partial charge in [-0.15, -0.1) is 0 Å². The SMILES string of the molecule is CC(C)C(=O)NCCNC(=O)[C@@H]1Cc2ccccc2N1. The van der Waals surface area contributed by atoms with E-state index in [1.165, 1.54) is 5.56 Å². The topological polar surface area (TPSA) is 70.2 Å². The molecule has 0 saturated carbocycles. The van der Waals surface area contributed by atoms with Gasteiger partial charge in [-0.05, 0) is 11.6 Å². The first-order valence-electron chi connectivity index (χ1n) is 6.98. The molecule has 108 valence electrons. The number of benzene rings is 1. The van der Waals surface area contributed by atoms with Crippen LogP contribution in [0.4, 0.5) is 5.69 Å². The molecule has 5 heteroatoms. The van der Waals surface area contributed by atoms with Gasteiger partial charge in [-0.2, -0.15) is 0 Å². The number of carbonyl (C=O) groups excluding carboxylic acids is 2. The molecular formula is C15H21N3O2. The van der Waals surface area contributed by atoms with Crippen LogP contribution in [0.15, 0.2) is 24.3 Å². The van der Waals surface area contributed by atoms with Crippen molar-refractivity contribution in [2.75, 3.05) is 18.4 Å². The minimum atomic E-state index is -0.215. The Balaban J connectivity index is 1.71. The third-order valence-corrected chi connectivity index (χ3v) is 3.34. The number of anilines is 1. The maximum atomic E-state index is 12.0. The molecule has 1 aliphatic heterocycles. The molecule has 20 heavy (non-hydrogen) atoms. The summed E-state index contributed by atoms with van der Waals surface area (Å²) in [5.74, 6) is -0.0534. The molecule has 0 bridgehead atoms. The van der Waals surface area contributed by atoms with Gasteiger partial charge in [0.15, 0.2) is 0 Å². The maximum absolute atomic E-state index is 12.0. The third-order valence-electron chi connectivity index (χ3n) is 3.34. The molecule has 3 N–H and O–H groups in total. The Morgan fingerprint density at radius 1 is 1.25 bits per heavy atom. The van der Waals surface area contributed by atoms with Gasteiger partial charge in [0.25, 0.3) is 0 Å². The lowest BCUT2D eigenvalue weighted by atomic mass is 10.1. The summed E-state index contributed by atoms with van der Waals surface area (Å²) in [7, 11) is 0.